The molecule has 3 rings (SSSR count). The predicted molar refractivity (Wildman–Crippen MR) is 83.0 cm³/mol. The average molecular weight is 352 g/mol. The molecule has 0 atom stereocenters. The van der Waals surface area contributed by atoms with Crippen LogP contribution in [0.4, 0.5) is 0 Å². The minimum atomic E-state index is 0.542. The minimum Gasteiger partial charge on any atom is -0.308 e. The van der Waals surface area contributed by atoms with Gasteiger partial charge in [0, 0.05) is 35.4 Å². The first-order valence-corrected chi connectivity index (χ1v) is 7.56. The molecule has 0 amide bonds. The molecule has 0 N–H and O–H groups in total. The summed E-state index contributed by atoms with van der Waals surface area (Å²) in [5, 5.41) is 0. The van der Waals surface area contributed by atoms with Crippen molar-refractivity contribution < 1.29 is 0 Å². The Morgan fingerprint density at radius 1 is 1.25 bits per heavy atom. The molecule has 3 heterocycles. The fraction of sp³-hybridized carbons (Fsp3) is 0.214. The summed E-state index contributed by atoms with van der Waals surface area (Å²) < 4.78 is 3.04. The molecule has 3 aromatic rings. The van der Waals surface area contributed by atoms with Crippen LogP contribution in [0, 0.1) is 0 Å². The number of pyridine rings is 2. The zero-order valence-electron chi connectivity index (χ0n) is 10.6. The second-order valence-corrected chi connectivity index (χ2v) is 5.70. The lowest BCUT2D eigenvalue weighted by molar-refractivity contribution is 0.746. The van der Waals surface area contributed by atoms with Gasteiger partial charge in [-0.3, -0.25) is 4.98 Å². The van der Waals surface area contributed by atoms with Gasteiger partial charge in [0.25, 0.3) is 0 Å². The molecule has 0 aromatic carbocycles. The maximum absolute atomic E-state index is 5.88. The third-order valence-corrected chi connectivity index (χ3v) is 3.66. The Labute approximate surface area is 130 Å². The number of nitrogens with zero attached hydrogens (tertiary/aromatic N) is 4. The van der Waals surface area contributed by atoms with Crippen LogP contribution in [0.5, 0.6) is 0 Å². The molecule has 0 aliphatic rings. The van der Waals surface area contributed by atoms with Gasteiger partial charge in [0.05, 0.1) is 6.54 Å². The number of alkyl halides is 1. The van der Waals surface area contributed by atoms with Crippen LogP contribution in [0.2, 0.25) is 0 Å². The van der Waals surface area contributed by atoms with E-state index >= 15 is 0 Å². The molecule has 3 aromatic heterocycles. The molecule has 4 nitrogen and oxygen atoms in total. The van der Waals surface area contributed by atoms with Crippen molar-refractivity contribution in [1.29, 1.82) is 0 Å². The smallest absolute Gasteiger partial charge is 0.160 e. The highest BCUT2D eigenvalue weighted by atomic mass is 79.9. The molecule has 0 aliphatic heterocycles. The van der Waals surface area contributed by atoms with Gasteiger partial charge in [-0.05, 0) is 39.7 Å². The largest absolute Gasteiger partial charge is 0.308 e. The quantitative estimate of drug-likeness (QED) is 0.677. The van der Waals surface area contributed by atoms with E-state index in [1.807, 2.05) is 18.2 Å². The molecule has 0 radical (unpaired) electrons. The van der Waals surface area contributed by atoms with E-state index in [-0.39, 0.29) is 0 Å². The molecule has 0 saturated carbocycles. The summed E-state index contributed by atoms with van der Waals surface area (Å²) in [6.45, 7) is 0.722. The highest BCUT2D eigenvalue weighted by Crippen LogP contribution is 2.20. The number of imidazole rings is 1. The lowest BCUT2D eigenvalue weighted by atomic mass is 10.2. The van der Waals surface area contributed by atoms with Crippen molar-refractivity contribution in [2.45, 2.75) is 13.0 Å². The van der Waals surface area contributed by atoms with Gasteiger partial charge >= 0.3 is 0 Å². The van der Waals surface area contributed by atoms with E-state index in [4.69, 9.17) is 11.6 Å². The van der Waals surface area contributed by atoms with E-state index in [2.05, 4.69) is 35.4 Å². The lowest BCUT2D eigenvalue weighted by Gasteiger charge is -2.07. The van der Waals surface area contributed by atoms with Crippen molar-refractivity contribution >= 4 is 38.7 Å². The highest BCUT2D eigenvalue weighted by molar-refractivity contribution is 9.10. The van der Waals surface area contributed by atoms with Gasteiger partial charge in [0.15, 0.2) is 5.65 Å². The SMILES string of the molecule is ClCCc1nc2cc(Br)cnc2n1Cc1ccncc1. The number of hydrogen-bond donors (Lipinski definition) is 0. The monoisotopic (exact) mass is 350 g/mol. The number of halogens is 2. The maximum Gasteiger partial charge on any atom is 0.160 e. The second kappa shape index (κ2) is 5.89. The molecule has 0 bridgehead atoms. The van der Waals surface area contributed by atoms with Crippen molar-refractivity contribution in [3.63, 3.8) is 0 Å². The summed E-state index contributed by atoms with van der Waals surface area (Å²) in [7, 11) is 0. The molecule has 0 unspecified atom stereocenters. The van der Waals surface area contributed by atoms with Gasteiger partial charge < -0.3 is 4.57 Å². The molecule has 102 valence electrons. The first-order valence-electron chi connectivity index (χ1n) is 6.23. The molecular weight excluding hydrogens is 340 g/mol. The van der Waals surface area contributed by atoms with Crippen LogP contribution in [0.25, 0.3) is 11.2 Å². The number of aromatic nitrogens is 4. The van der Waals surface area contributed by atoms with E-state index in [9.17, 15) is 0 Å². The first kappa shape index (κ1) is 13.5. The third-order valence-electron chi connectivity index (χ3n) is 3.04. The topological polar surface area (TPSA) is 43.6 Å². The van der Waals surface area contributed by atoms with Crippen LogP contribution in [0.3, 0.4) is 0 Å². The Balaban J connectivity index is 2.09. The fourth-order valence-electron chi connectivity index (χ4n) is 2.15. The van der Waals surface area contributed by atoms with Gasteiger partial charge in [0.2, 0.25) is 0 Å². The minimum absolute atomic E-state index is 0.542. The molecule has 6 heteroatoms. The van der Waals surface area contributed by atoms with Crippen LogP contribution in [-0.2, 0) is 13.0 Å². The van der Waals surface area contributed by atoms with Crippen LogP contribution in [-0.4, -0.2) is 25.4 Å². The van der Waals surface area contributed by atoms with Gasteiger partial charge in [-0.25, -0.2) is 9.97 Å². The van der Waals surface area contributed by atoms with Gasteiger partial charge in [-0.15, -0.1) is 11.6 Å². The summed E-state index contributed by atoms with van der Waals surface area (Å²) in [5.74, 6) is 1.50. The van der Waals surface area contributed by atoms with E-state index < -0.39 is 0 Å². The molecular formula is C14H12BrClN4. The van der Waals surface area contributed by atoms with Crippen molar-refractivity contribution in [3.8, 4) is 0 Å². The normalized spacial score (nSPS) is 11.1. The maximum atomic E-state index is 5.88. The van der Waals surface area contributed by atoms with E-state index in [1.165, 1.54) is 5.56 Å². The fourth-order valence-corrected chi connectivity index (χ4v) is 2.63. The van der Waals surface area contributed by atoms with E-state index in [0.717, 1.165) is 34.4 Å². The Morgan fingerprint density at radius 2 is 2.05 bits per heavy atom. The third kappa shape index (κ3) is 2.69. The Hall–Kier alpha value is -1.46. The Morgan fingerprint density at radius 3 is 2.80 bits per heavy atom. The van der Waals surface area contributed by atoms with Crippen LogP contribution < -0.4 is 0 Å². The molecule has 0 spiro atoms. The Bertz CT molecular complexity index is 727. The summed E-state index contributed by atoms with van der Waals surface area (Å²) in [4.78, 5) is 13.1. The van der Waals surface area contributed by atoms with Crippen molar-refractivity contribution in [2.75, 3.05) is 5.88 Å². The summed E-state index contributed by atoms with van der Waals surface area (Å²) in [6.07, 6.45) is 6.09. The summed E-state index contributed by atoms with van der Waals surface area (Å²) >= 11 is 9.30. The molecule has 0 saturated heterocycles. The molecule has 20 heavy (non-hydrogen) atoms. The molecule has 0 aliphatic carbocycles. The predicted octanol–water partition coefficient (Wildman–Crippen LogP) is 3.42. The van der Waals surface area contributed by atoms with Gasteiger partial charge in [-0.2, -0.15) is 0 Å². The van der Waals surface area contributed by atoms with Crippen molar-refractivity contribution in [2.24, 2.45) is 0 Å². The highest BCUT2D eigenvalue weighted by Gasteiger charge is 2.12. The van der Waals surface area contributed by atoms with Gasteiger partial charge in [-0.1, -0.05) is 0 Å². The van der Waals surface area contributed by atoms with Gasteiger partial charge in [0.1, 0.15) is 11.3 Å². The number of hydrogen-bond acceptors (Lipinski definition) is 3. The van der Waals surface area contributed by atoms with Crippen LogP contribution in [0.15, 0.2) is 41.3 Å². The standard InChI is InChI=1S/C14H12BrClN4/c15-11-7-12-14(18-8-11)20(13(19-12)1-4-16)9-10-2-5-17-6-3-10/h2-3,5-8H,1,4,9H2. The second-order valence-electron chi connectivity index (χ2n) is 4.40. The summed E-state index contributed by atoms with van der Waals surface area (Å²) in [6, 6.07) is 5.97. The van der Waals surface area contributed by atoms with E-state index in [1.54, 1.807) is 18.6 Å². The van der Waals surface area contributed by atoms with Crippen LogP contribution in [0.1, 0.15) is 11.4 Å². The molecule has 0 fully saturated rings. The van der Waals surface area contributed by atoms with Crippen LogP contribution >= 0.6 is 27.5 Å². The number of aryl methyl sites for hydroxylation is 1. The van der Waals surface area contributed by atoms with E-state index in [0.29, 0.717) is 5.88 Å². The zero-order chi connectivity index (χ0) is 13.9. The summed E-state index contributed by atoms with van der Waals surface area (Å²) in [5.41, 5.74) is 2.93. The Kier molecular flexibility index (Phi) is 3.98. The lowest BCUT2D eigenvalue weighted by Crippen LogP contribution is -2.06. The van der Waals surface area contributed by atoms with Crippen molar-refractivity contribution in [1.82, 2.24) is 19.5 Å². The zero-order valence-corrected chi connectivity index (χ0v) is 13.0. The number of fused-ring (bicyclic) bond motifs is 1. The average Bonchev–Trinajstić information content (AvgIpc) is 2.77. The number of rotatable bonds is 4. The first-order chi connectivity index (χ1) is 9.78. The van der Waals surface area contributed by atoms with Crippen molar-refractivity contribution in [3.05, 3.63) is 52.7 Å².